The first-order chi connectivity index (χ1) is 11.8. The van der Waals surface area contributed by atoms with Gasteiger partial charge in [-0.2, -0.15) is 18.9 Å². The van der Waals surface area contributed by atoms with Gasteiger partial charge in [0.05, 0.1) is 35.8 Å². The Morgan fingerprint density at radius 2 is 2.08 bits per heavy atom. The molecule has 0 radical (unpaired) electrons. The van der Waals surface area contributed by atoms with Gasteiger partial charge in [0.25, 0.3) is 0 Å². The molecule has 0 fully saturated rings. The molecule has 2 N–H and O–H groups in total. The van der Waals surface area contributed by atoms with Gasteiger partial charge in [0.1, 0.15) is 5.82 Å². The minimum absolute atomic E-state index is 0.0277. The number of hydrogen-bond acceptors (Lipinski definition) is 6. The quantitative estimate of drug-likeness (QED) is 0.755. The predicted octanol–water partition coefficient (Wildman–Crippen LogP) is 3.04. The van der Waals surface area contributed by atoms with Crippen LogP contribution in [0.25, 0.3) is 0 Å². The van der Waals surface area contributed by atoms with Gasteiger partial charge in [-0.05, 0) is 13.8 Å². The van der Waals surface area contributed by atoms with Gasteiger partial charge in [-0.25, -0.2) is 9.37 Å². The highest BCUT2D eigenvalue weighted by molar-refractivity contribution is 5.58. The number of nitrogens with one attached hydrogen (secondary N) is 2. The fourth-order valence-corrected chi connectivity index (χ4v) is 2.40. The van der Waals surface area contributed by atoms with Crippen molar-refractivity contribution >= 4 is 17.5 Å². The average molecular weight is 358 g/mol. The van der Waals surface area contributed by atoms with Gasteiger partial charge in [-0.15, -0.1) is 0 Å². The van der Waals surface area contributed by atoms with E-state index in [0.717, 1.165) is 11.9 Å². The van der Waals surface area contributed by atoms with E-state index in [0.29, 0.717) is 12.3 Å². The largest absolute Gasteiger partial charge is 0.382 e. The third-order valence-electron chi connectivity index (χ3n) is 3.70. The SMILES string of the molecule is CNc1nc(Nc2cnn([C@H](C)COC)c2C)ncc1C(F)(F)CF. The molecule has 0 saturated carbocycles. The standard InChI is InChI=1S/C15H21F3N6O/c1-9(7-25-4)24-10(2)12(6-21-24)22-14-20-5-11(13(19-3)23-14)15(17,18)8-16/h5-6,9H,7-8H2,1-4H3,(H2,19,20,22,23)/t9-/m1/s1. The predicted molar refractivity (Wildman–Crippen MR) is 88.3 cm³/mol. The maximum Gasteiger partial charge on any atom is 0.306 e. The summed E-state index contributed by atoms with van der Waals surface area (Å²) >= 11 is 0. The van der Waals surface area contributed by atoms with Crippen LogP contribution < -0.4 is 10.6 Å². The van der Waals surface area contributed by atoms with Gasteiger partial charge in [0.15, 0.2) is 6.67 Å². The number of halogens is 3. The summed E-state index contributed by atoms with van der Waals surface area (Å²) < 4.78 is 46.6. The molecule has 2 aromatic heterocycles. The monoisotopic (exact) mass is 358 g/mol. The molecule has 0 spiro atoms. The first-order valence-corrected chi connectivity index (χ1v) is 7.63. The molecule has 0 bridgehead atoms. The van der Waals surface area contributed by atoms with E-state index >= 15 is 0 Å². The van der Waals surface area contributed by atoms with Crippen molar-refractivity contribution in [3.8, 4) is 0 Å². The summed E-state index contributed by atoms with van der Waals surface area (Å²) in [7, 11) is 3.04. The van der Waals surface area contributed by atoms with Crippen LogP contribution in [0, 0.1) is 6.92 Å². The summed E-state index contributed by atoms with van der Waals surface area (Å²) in [6, 6.07) is 0.0277. The summed E-state index contributed by atoms with van der Waals surface area (Å²) in [6.45, 7) is 2.49. The molecule has 0 aromatic carbocycles. The van der Waals surface area contributed by atoms with E-state index in [1.807, 2.05) is 13.8 Å². The summed E-state index contributed by atoms with van der Waals surface area (Å²) in [4.78, 5) is 7.85. The van der Waals surface area contributed by atoms with Gasteiger partial charge in [0.2, 0.25) is 5.95 Å². The van der Waals surface area contributed by atoms with E-state index in [1.165, 1.54) is 7.05 Å². The summed E-state index contributed by atoms with van der Waals surface area (Å²) in [5.41, 5.74) is 0.858. The Labute approximate surface area is 143 Å². The lowest BCUT2D eigenvalue weighted by molar-refractivity contribution is -0.0279. The molecule has 0 unspecified atom stereocenters. The number of nitrogens with zero attached hydrogens (tertiary/aromatic N) is 4. The van der Waals surface area contributed by atoms with Crippen molar-refractivity contribution in [2.24, 2.45) is 0 Å². The first kappa shape index (κ1) is 19.0. The molecule has 0 aliphatic carbocycles. The van der Waals surface area contributed by atoms with E-state index in [2.05, 4.69) is 25.7 Å². The topological polar surface area (TPSA) is 76.9 Å². The molecule has 138 valence electrons. The number of aromatic nitrogens is 4. The van der Waals surface area contributed by atoms with Crippen molar-refractivity contribution < 1.29 is 17.9 Å². The smallest absolute Gasteiger partial charge is 0.306 e. The normalized spacial score (nSPS) is 12.9. The first-order valence-electron chi connectivity index (χ1n) is 7.63. The summed E-state index contributed by atoms with van der Waals surface area (Å²) in [5, 5.41) is 9.75. The van der Waals surface area contributed by atoms with Gasteiger partial charge >= 0.3 is 5.92 Å². The van der Waals surface area contributed by atoms with Gasteiger partial charge < -0.3 is 15.4 Å². The van der Waals surface area contributed by atoms with Crippen molar-refractivity contribution in [2.75, 3.05) is 38.1 Å². The lowest BCUT2D eigenvalue weighted by atomic mass is 10.2. The molecule has 0 amide bonds. The minimum atomic E-state index is -3.65. The molecule has 7 nitrogen and oxygen atoms in total. The third-order valence-corrected chi connectivity index (χ3v) is 3.70. The second-order valence-electron chi connectivity index (χ2n) is 5.56. The van der Waals surface area contributed by atoms with Crippen molar-refractivity contribution in [1.82, 2.24) is 19.7 Å². The Morgan fingerprint density at radius 3 is 2.68 bits per heavy atom. The zero-order valence-corrected chi connectivity index (χ0v) is 14.5. The molecule has 2 rings (SSSR count). The second kappa shape index (κ2) is 7.68. The number of alkyl halides is 3. The zero-order valence-electron chi connectivity index (χ0n) is 14.5. The number of anilines is 3. The molecule has 25 heavy (non-hydrogen) atoms. The molecule has 2 aromatic rings. The summed E-state index contributed by atoms with van der Waals surface area (Å²) in [5.74, 6) is -3.68. The Morgan fingerprint density at radius 1 is 1.36 bits per heavy atom. The van der Waals surface area contributed by atoms with Crippen LogP contribution in [0.1, 0.15) is 24.2 Å². The number of ether oxygens (including phenoxy) is 1. The Kier molecular flexibility index (Phi) is 5.83. The minimum Gasteiger partial charge on any atom is -0.382 e. The van der Waals surface area contributed by atoms with E-state index in [9.17, 15) is 13.2 Å². The van der Waals surface area contributed by atoms with Crippen LogP contribution in [0.5, 0.6) is 0 Å². The van der Waals surface area contributed by atoms with Gasteiger partial charge in [-0.1, -0.05) is 0 Å². The molecule has 0 aliphatic rings. The lowest BCUT2D eigenvalue weighted by Crippen LogP contribution is -2.19. The van der Waals surface area contributed by atoms with Crippen molar-refractivity contribution in [2.45, 2.75) is 25.8 Å². The molecular weight excluding hydrogens is 337 g/mol. The molecule has 2 heterocycles. The molecule has 0 saturated heterocycles. The van der Waals surface area contributed by atoms with Crippen LogP contribution >= 0.6 is 0 Å². The molecule has 1 atom stereocenters. The maximum absolute atomic E-state index is 13.6. The van der Waals surface area contributed by atoms with Crippen LogP contribution in [-0.4, -0.2) is 47.2 Å². The Bertz CT molecular complexity index is 721. The van der Waals surface area contributed by atoms with Gasteiger partial charge in [0, 0.05) is 20.4 Å². The fraction of sp³-hybridized carbons (Fsp3) is 0.533. The Balaban J connectivity index is 2.27. The van der Waals surface area contributed by atoms with E-state index in [1.54, 1.807) is 18.0 Å². The lowest BCUT2D eigenvalue weighted by Gasteiger charge is -2.16. The number of rotatable bonds is 8. The highest BCUT2D eigenvalue weighted by atomic mass is 19.3. The van der Waals surface area contributed by atoms with Crippen LogP contribution in [0.2, 0.25) is 0 Å². The van der Waals surface area contributed by atoms with Crippen LogP contribution in [0.4, 0.5) is 30.6 Å². The molecule has 0 aliphatic heterocycles. The van der Waals surface area contributed by atoms with E-state index in [-0.39, 0.29) is 17.8 Å². The molecular formula is C15H21F3N6O. The number of methoxy groups -OCH3 is 1. The maximum atomic E-state index is 13.6. The van der Waals surface area contributed by atoms with Crippen molar-refractivity contribution in [3.63, 3.8) is 0 Å². The second-order valence-corrected chi connectivity index (χ2v) is 5.56. The van der Waals surface area contributed by atoms with Crippen LogP contribution in [0.3, 0.4) is 0 Å². The van der Waals surface area contributed by atoms with Gasteiger partial charge in [-0.3, -0.25) is 4.68 Å². The average Bonchev–Trinajstić information content (AvgIpc) is 2.95. The van der Waals surface area contributed by atoms with Crippen LogP contribution in [0.15, 0.2) is 12.4 Å². The van der Waals surface area contributed by atoms with E-state index < -0.39 is 18.2 Å². The zero-order chi connectivity index (χ0) is 18.6. The number of hydrogen-bond donors (Lipinski definition) is 2. The Hall–Kier alpha value is -2.36. The third kappa shape index (κ3) is 4.01. The molecule has 10 heteroatoms. The van der Waals surface area contributed by atoms with Crippen molar-refractivity contribution in [1.29, 1.82) is 0 Å². The highest BCUT2D eigenvalue weighted by Gasteiger charge is 2.35. The summed E-state index contributed by atoms with van der Waals surface area (Å²) in [6.07, 6.45) is 2.50. The van der Waals surface area contributed by atoms with Crippen LogP contribution in [-0.2, 0) is 10.7 Å². The highest BCUT2D eigenvalue weighted by Crippen LogP contribution is 2.33. The van der Waals surface area contributed by atoms with Crippen molar-refractivity contribution in [3.05, 3.63) is 23.7 Å². The fourth-order valence-electron chi connectivity index (χ4n) is 2.40. The van der Waals surface area contributed by atoms with E-state index in [4.69, 9.17) is 4.74 Å².